The molecule has 3 heteroatoms. The highest BCUT2D eigenvalue weighted by Gasteiger charge is 2.31. The maximum Gasteiger partial charge on any atom is 0.0700 e. The van der Waals surface area contributed by atoms with E-state index in [1.54, 1.807) is 0 Å². The minimum Gasteiger partial charge on any atom is -0.379 e. The van der Waals surface area contributed by atoms with Crippen molar-refractivity contribution in [2.75, 3.05) is 33.0 Å². The lowest BCUT2D eigenvalue weighted by molar-refractivity contribution is 0.0584. The van der Waals surface area contributed by atoms with Crippen molar-refractivity contribution in [3.8, 4) is 0 Å². The fraction of sp³-hybridized carbons (Fsp3) is 0.600. The Balaban J connectivity index is 2.22. The second kappa shape index (κ2) is 6.88. The molecule has 1 heterocycles. The van der Waals surface area contributed by atoms with Crippen LogP contribution in [0.3, 0.4) is 0 Å². The summed E-state index contributed by atoms with van der Waals surface area (Å²) in [7, 11) is 0. The van der Waals surface area contributed by atoms with Crippen LogP contribution >= 0.6 is 0 Å². The molecular formula is C15H23NO2. The van der Waals surface area contributed by atoms with Crippen LogP contribution in [0.25, 0.3) is 0 Å². The van der Waals surface area contributed by atoms with Gasteiger partial charge in [-0.1, -0.05) is 37.3 Å². The van der Waals surface area contributed by atoms with Gasteiger partial charge in [0, 0.05) is 18.8 Å². The molecule has 0 saturated carbocycles. The number of hydrogen-bond acceptors (Lipinski definition) is 3. The van der Waals surface area contributed by atoms with Crippen LogP contribution in [-0.4, -0.2) is 33.0 Å². The molecule has 0 radical (unpaired) electrons. The van der Waals surface area contributed by atoms with Crippen molar-refractivity contribution in [2.24, 2.45) is 0 Å². The summed E-state index contributed by atoms with van der Waals surface area (Å²) in [5, 5.41) is 3.65. The molecule has 1 saturated heterocycles. The Morgan fingerprint density at radius 3 is 2.17 bits per heavy atom. The highest BCUT2D eigenvalue weighted by atomic mass is 16.5. The molecule has 18 heavy (non-hydrogen) atoms. The molecule has 0 atom stereocenters. The van der Waals surface area contributed by atoms with E-state index in [1.165, 1.54) is 5.56 Å². The summed E-state index contributed by atoms with van der Waals surface area (Å²) in [6.07, 6.45) is 1.99. The minimum absolute atomic E-state index is 0.0135. The fourth-order valence-electron chi connectivity index (χ4n) is 2.60. The quantitative estimate of drug-likeness (QED) is 0.891. The van der Waals surface area contributed by atoms with Crippen LogP contribution in [0.5, 0.6) is 0 Å². The first-order valence-corrected chi connectivity index (χ1v) is 6.83. The molecule has 3 nitrogen and oxygen atoms in total. The Morgan fingerprint density at radius 1 is 1.00 bits per heavy atom. The molecule has 0 unspecified atom stereocenters. The van der Waals surface area contributed by atoms with Gasteiger partial charge in [0.25, 0.3) is 0 Å². The molecule has 100 valence electrons. The maximum atomic E-state index is 5.61. The average molecular weight is 249 g/mol. The Labute approximate surface area is 109 Å². The third kappa shape index (κ3) is 3.31. The lowest BCUT2D eigenvalue weighted by Crippen LogP contribution is -2.44. The molecule has 1 aliphatic heterocycles. The zero-order valence-corrected chi connectivity index (χ0v) is 11.2. The predicted octanol–water partition coefficient (Wildman–Crippen LogP) is 2.32. The summed E-state index contributed by atoms with van der Waals surface area (Å²) in [6, 6.07) is 10.7. The lowest BCUT2D eigenvalue weighted by atomic mass is 9.84. The monoisotopic (exact) mass is 249 g/mol. The highest BCUT2D eigenvalue weighted by molar-refractivity contribution is 5.24. The second-order valence-corrected chi connectivity index (χ2v) is 4.70. The number of ether oxygens (including phenoxy) is 2. The summed E-state index contributed by atoms with van der Waals surface area (Å²) >= 11 is 0. The van der Waals surface area contributed by atoms with Crippen molar-refractivity contribution >= 4 is 0 Å². The van der Waals surface area contributed by atoms with Gasteiger partial charge in [-0.15, -0.1) is 0 Å². The Hall–Kier alpha value is -0.900. The van der Waals surface area contributed by atoms with E-state index in [-0.39, 0.29) is 5.54 Å². The number of hydrogen-bond donors (Lipinski definition) is 1. The van der Waals surface area contributed by atoms with E-state index in [0.717, 1.165) is 32.6 Å². The van der Waals surface area contributed by atoms with E-state index in [9.17, 15) is 0 Å². The van der Waals surface area contributed by atoms with E-state index in [4.69, 9.17) is 9.47 Å². The first-order chi connectivity index (χ1) is 8.87. The number of rotatable bonds is 3. The van der Waals surface area contributed by atoms with Gasteiger partial charge in [0.2, 0.25) is 0 Å². The smallest absolute Gasteiger partial charge is 0.0700 e. The third-order valence-electron chi connectivity index (χ3n) is 3.56. The number of benzene rings is 1. The largest absolute Gasteiger partial charge is 0.379 e. The molecule has 0 spiro atoms. The zero-order chi connectivity index (χ0) is 12.7. The van der Waals surface area contributed by atoms with Gasteiger partial charge >= 0.3 is 0 Å². The minimum atomic E-state index is -0.0135. The van der Waals surface area contributed by atoms with Crippen LogP contribution < -0.4 is 5.32 Å². The molecule has 0 amide bonds. The zero-order valence-electron chi connectivity index (χ0n) is 11.2. The summed E-state index contributed by atoms with van der Waals surface area (Å²) in [6.45, 7) is 6.08. The van der Waals surface area contributed by atoms with Gasteiger partial charge in [-0.05, 0) is 24.9 Å². The second-order valence-electron chi connectivity index (χ2n) is 4.70. The van der Waals surface area contributed by atoms with Gasteiger partial charge in [-0.2, -0.15) is 0 Å². The van der Waals surface area contributed by atoms with Gasteiger partial charge in [0.15, 0.2) is 0 Å². The molecule has 1 N–H and O–H groups in total. The van der Waals surface area contributed by atoms with Gasteiger partial charge in [0.05, 0.1) is 13.2 Å². The SMILES string of the molecule is CCNC1(c2ccccc2)CCOCCOCC1. The van der Waals surface area contributed by atoms with Gasteiger partial charge in [-0.3, -0.25) is 0 Å². The van der Waals surface area contributed by atoms with Gasteiger partial charge in [-0.25, -0.2) is 0 Å². The normalized spacial score (nSPS) is 20.7. The van der Waals surface area contributed by atoms with E-state index >= 15 is 0 Å². The summed E-state index contributed by atoms with van der Waals surface area (Å²) < 4.78 is 11.2. The van der Waals surface area contributed by atoms with Crippen LogP contribution in [0, 0.1) is 0 Å². The van der Waals surface area contributed by atoms with E-state index in [2.05, 4.69) is 42.6 Å². The molecule has 0 bridgehead atoms. The Bertz CT molecular complexity index is 330. The van der Waals surface area contributed by atoms with E-state index in [0.29, 0.717) is 13.2 Å². The van der Waals surface area contributed by atoms with Crippen molar-refractivity contribution in [2.45, 2.75) is 25.3 Å². The summed E-state index contributed by atoms with van der Waals surface area (Å²) in [5.41, 5.74) is 1.32. The van der Waals surface area contributed by atoms with E-state index < -0.39 is 0 Å². The molecule has 1 aromatic rings. The molecule has 1 fully saturated rings. The Morgan fingerprint density at radius 2 is 1.61 bits per heavy atom. The molecule has 0 aromatic heterocycles. The van der Waals surface area contributed by atoms with E-state index in [1.807, 2.05) is 0 Å². The summed E-state index contributed by atoms with van der Waals surface area (Å²) in [5.74, 6) is 0. The first-order valence-electron chi connectivity index (χ1n) is 6.83. The average Bonchev–Trinajstić information content (AvgIpc) is 2.53. The first kappa shape index (κ1) is 13.5. The van der Waals surface area contributed by atoms with Crippen molar-refractivity contribution in [3.63, 3.8) is 0 Å². The number of nitrogens with one attached hydrogen (secondary N) is 1. The van der Waals surface area contributed by atoms with Crippen LogP contribution in [-0.2, 0) is 15.0 Å². The molecule has 1 aliphatic rings. The van der Waals surface area contributed by atoms with Crippen LogP contribution in [0.2, 0.25) is 0 Å². The van der Waals surface area contributed by atoms with Crippen molar-refractivity contribution in [3.05, 3.63) is 35.9 Å². The maximum absolute atomic E-state index is 5.61. The topological polar surface area (TPSA) is 30.5 Å². The van der Waals surface area contributed by atoms with Crippen LogP contribution in [0.4, 0.5) is 0 Å². The Kier molecular flexibility index (Phi) is 5.17. The van der Waals surface area contributed by atoms with Crippen LogP contribution in [0.1, 0.15) is 25.3 Å². The summed E-state index contributed by atoms with van der Waals surface area (Å²) in [4.78, 5) is 0. The van der Waals surface area contributed by atoms with Gasteiger partial charge < -0.3 is 14.8 Å². The molecule has 1 aromatic carbocycles. The van der Waals surface area contributed by atoms with Crippen molar-refractivity contribution < 1.29 is 9.47 Å². The van der Waals surface area contributed by atoms with Gasteiger partial charge in [0.1, 0.15) is 0 Å². The molecule has 2 rings (SSSR count). The fourth-order valence-corrected chi connectivity index (χ4v) is 2.60. The molecule has 0 aliphatic carbocycles. The van der Waals surface area contributed by atoms with Crippen molar-refractivity contribution in [1.29, 1.82) is 0 Å². The van der Waals surface area contributed by atoms with Crippen molar-refractivity contribution in [1.82, 2.24) is 5.32 Å². The van der Waals surface area contributed by atoms with Crippen LogP contribution in [0.15, 0.2) is 30.3 Å². The lowest BCUT2D eigenvalue weighted by Gasteiger charge is -2.35. The predicted molar refractivity (Wildman–Crippen MR) is 72.7 cm³/mol. The third-order valence-corrected chi connectivity index (χ3v) is 3.56. The highest BCUT2D eigenvalue weighted by Crippen LogP contribution is 2.29. The molecular weight excluding hydrogens is 226 g/mol. The standard InChI is InChI=1S/C15H23NO2/c1-2-16-15(14-6-4-3-5-7-14)8-10-17-12-13-18-11-9-15/h3-7,16H,2,8-13H2,1H3.